The van der Waals surface area contributed by atoms with Crippen molar-refractivity contribution in [1.29, 1.82) is 0 Å². The van der Waals surface area contributed by atoms with Gasteiger partial charge in [0.15, 0.2) is 5.78 Å². The maximum absolute atomic E-state index is 12.0. The van der Waals surface area contributed by atoms with Crippen LogP contribution in [0.2, 0.25) is 0 Å². The lowest BCUT2D eigenvalue weighted by molar-refractivity contribution is 0.101. The fourth-order valence-corrected chi connectivity index (χ4v) is 1.75. The van der Waals surface area contributed by atoms with Crippen molar-refractivity contribution < 1.29 is 4.79 Å². The summed E-state index contributed by atoms with van der Waals surface area (Å²) in [6, 6.07) is -0.291. The Bertz CT molecular complexity index is 527. The van der Waals surface area contributed by atoms with Crippen molar-refractivity contribution in [2.24, 2.45) is 0 Å². The third-order valence-corrected chi connectivity index (χ3v) is 2.46. The highest BCUT2D eigenvalue weighted by atomic mass is 16.2. The molecule has 0 fully saturated rings. The Hall–Kier alpha value is -1.69. The van der Waals surface area contributed by atoms with Gasteiger partial charge in [-0.2, -0.15) is 0 Å². The molecule has 1 aromatic rings. The number of hydrogen-bond acceptors (Lipinski definition) is 4. The largest absolute Gasteiger partial charge is 0.328 e. The summed E-state index contributed by atoms with van der Waals surface area (Å²) < 4.78 is 1.08. The summed E-state index contributed by atoms with van der Waals surface area (Å²) in [4.78, 5) is 39.1. The quantitative estimate of drug-likeness (QED) is 0.742. The van der Waals surface area contributed by atoms with E-state index in [0.29, 0.717) is 6.54 Å². The number of Topliss-reactive ketones (excluding diaryl/α,β-unsaturated/α-hetero) is 1. The molecule has 0 saturated heterocycles. The molecule has 1 rings (SSSR count). The Labute approximate surface area is 98.9 Å². The number of carbonyl (C=O) groups is 1. The van der Waals surface area contributed by atoms with Crippen LogP contribution in [0.15, 0.2) is 15.8 Å². The first kappa shape index (κ1) is 13.4. The summed E-state index contributed by atoms with van der Waals surface area (Å²) in [5.74, 6) is -0.350. The van der Waals surface area contributed by atoms with E-state index in [0.717, 1.165) is 4.57 Å². The van der Waals surface area contributed by atoms with Gasteiger partial charge in [0.25, 0.3) is 5.56 Å². The monoisotopic (exact) mass is 239 g/mol. The third-order valence-electron chi connectivity index (χ3n) is 2.46. The van der Waals surface area contributed by atoms with Gasteiger partial charge in [0, 0.05) is 12.7 Å². The number of nitrogens with one attached hydrogen (secondary N) is 1. The van der Waals surface area contributed by atoms with E-state index in [2.05, 4.69) is 4.98 Å². The van der Waals surface area contributed by atoms with E-state index in [4.69, 9.17) is 0 Å². The Balaban J connectivity index is 3.33. The standard InChI is InChI=1S/C11H17N3O3/c1-7(6-13(3)4)14-10(16)9(8(2)15)5-12-11(14)17/h5,7H,6H2,1-4H3,(H,12,17). The highest BCUT2D eigenvalue weighted by Crippen LogP contribution is 2.00. The van der Waals surface area contributed by atoms with Crippen LogP contribution in [-0.4, -0.2) is 40.9 Å². The molecule has 0 aliphatic heterocycles. The van der Waals surface area contributed by atoms with Crippen LogP contribution < -0.4 is 11.2 Å². The summed E-state index contributed by atoms with van der Waals surface area (Å²) >= 11 is 0. The van der Waals surface area contributed by atoms with Crippen LogP contribution in [0.1, 0.15) is 30.2 Å². The van der Waals surface area contributed by atoms with Gasteiger partial charge in [-0.05, 0) is 27.9 Å². The Morgan fingerprint density at radius 1 is 1.47 bits per heavy atom. The average molecular weight is 239 g/mol. The molecule has 1 N–H and O–H groups in total. The molecule has 0 aliphatic carbocycles. The number of rotatable bonds is 4. The first-order chi connectivity index (χ1) is 7.84. The number of H-pyrrole nitrogens is 1. The fourth-order valence-electron chi connectivity index (χ4n) is 1.75. The Morgan fingerprint density at radius 3 is 2.53 bits per heavy atom. The summed E-state index contributed by atoms with van der Waals surface area (Å²) in [5.41, 5.74) is -1.01. The molecule has 0 spiro atoms. The van der Waals surface area contributed by atoms with Crippen LogP contribution in [0.3, 0.4) is 0 Å². The number of nitrogens with zero attached hydrogens (tertiary/aromatic N) is 2. The second-order valence-corrected chi connectivity index (χ2v) is 4.35. The second-order valence-electron chi connectivity index (χ2n) is 4.35. The van der Waals surface area contributed by atoms with E-state index in [-0.39, 0.29) is 17.4 Å². The maximum Gasteiger partial charge on any atom is 0.328 e. The van der Waals surface area contributed by atoms with E-state index >= 15 is 0 Å². The van der Waals surface area contributed by atoms with Crippen molar-refractivity contribution in [3.8, 4) is 0 Å². The van der Waals surface area contributed by atoms with E-state index in [1.54, 1.807) is 6.92 Å². The van der Waals surface area contributed by atoms with Crippen LogP contribution >= 0.6 is 0 Å². The number of likely N-dealkylation sites (N-methyl/N-ethyl adjacent to an activating group) is 1. The van der Waals surface area contributed by atoms with E-state index in [1.165, 1.54) is 13.1 Å². The molecule has 1 atom stereocenters. The lowest BCUT2D eigenvalue weighted by Gasteiger charge is -2.18. The van der Waals surface area contributed by atoms with E-state index in [9.17, 15) is 14.4 Å². The molecular weight excluding hydrogens is 222 g/mol. The smallest absolute Gasteiger partial charge is 0.313 e. The molecule has 0 radical (unpaired) electrons. The van der Waals surface area contributed by atoms with Gasteiger partial charge in [-0.25, -0.2) is 4.79 Å². The highest BCUT2D eigenvalue weighted by Gasteiger charge is 2.15. The molecular formula is C11H17N3O3. The Morgan fingerprint density at radius 2 is 2.06 bits per heavy atom. The molecule has 0 aliphatic rings. The SMILES string of the molecule is CC(=O)c1c[nH]c(=O)n(C(C)CN(C)C)c1=O. The first-order valence-corrected chi connectivity index (χ1v) is 5.34. The summed E-state index contributed by atoms with van der Waals surface area (Å²) in [6.45, 7) is 3.61. The zero-order chi connectivity index (χ0) is 13.2. The number of hydrogen-bond donors (Lipinski definition) is 1. The van der Waals surface area contributed by atoms with Gasteiger partial charge in [0.1, 0.15) is 0 Å². The lowest BCUT2D eigenvalue weighted by atomic mass is 10.2. The van der Waals surface area contributed by atoms with Gasteiger partial charge in [0.2, 0.25) is 0 Å². The van der Waals surface area contributed by atoms with Crippen molar-refractivity contribution in [2.75, 3.05) is 20.6 Å². The van der Waals surface area contributed by atoms with Crippen molar-refractivity contribution in [1.82, 2.24) is 14.5 Å². The molecule has 0 aromatic carbocycles. The molecule has 0 bridgehead atoms. The van der Waals surface area contributed by atoms with Crippen LogP contribution in [0.25, 0.3) is 0 Å². The molecule has 1 unspecified atom stereocenters. The molecule has 94 valence electrons. The van der Waals surface area contributed by atoms with E-state index < -0.39 is 11.2 Å². The van der Waals surface area contributed by atoms with Gasteiger partial charge >= 0.3 is 5.69 Å². The fraction of sp³-hybridized carbons (Fsp3) is 0.545. The van der Waals surface area contributed by atoms with Gasteiger partial charge in [-0.1, -0.05) is 0 Å². The third kappa shape index (κ3) is 2.91. The number of carbonyl (C=O) groups excluding carboxylic acids is 1. The van der Waals surface area contributed by atoms with Crippen molar-refractivity contribution in [3.63, 3.8) is 0 Å². The topological polar surface area (TPSA) is 75.2 Å². The molecule has 6 nitrogen and oxygen atoms in total. The zero-order valence-electron chi connectivity index (χ0n) is 10.5. The second kappa shape index (κ2) is 5.09. The molecule has 0 amide bonds. The van der Waals surface area contributed by atoms with Gasteiger partial charge in [-0.3, -0.25) is 14.2 Å². The molecule has 1 aromatic heterocycles. The summed E-state index contributed by atoms with van der Waals surface area (Å²) in [7, 11) is 3.70. The van der Waals surface area contributed by atoms with Crippen molar-refractivity contribution >= 4 is 5.78 Å². The molecule has 1 heterocycles. The van der Waals surface area contributed by atoms with Gasteiger partial charge in [-0.15, -0.1) is 0 Å². The minimum absolute atomic E-state index is 0.00945. The van der Waals surface area contributed by atoms with Crippen LogP contribution in [-0.2, 0) is 0 Å². The van der Waals surface area contributed by atoms with Crippen LogP contribution in [0.4, 0.5) is 0 Å². The van der Waals surface area contributed by atoms with Crippen LogP contribution in [0.5, 0.6) is 0 Å². The van der Waals surface area contributed by atoms with Crippen molar-refractivity contribution in [2.45, 2.75) is 19.9 Å². The molecule has 6 heteroatoms. The summed E-state index contributed by atoms with van der Waals surface area (Å²) in [6.07, 6.45) is 1.17. The molecule has 17 heavy (non-hydrogen) atoms. The normalized spacial score (nSPS) is 12.8. The minimum atomic E-state index is -0.532. The van der Waals surface area contributed by atoms with Crippen LogP contribution in [0, 0.1) is 0 Å². The van der Waals surface area contributed by atoms with E-state index in [1.807, 2.05) is 19.0 Å². The number of ketones is 1. The first-order valence-electron chi connectivity index (χ1n) is 5.34. The average Bonchev–Trinajstić information content (AvgIpc) is 2.15. The number of aromatic amines is 1. The molecule has 0 saturated carbocycles. The van der Waals surface area contributed by atoms with Gasteiger partial charge in [0.05, 0.1) is 11.6 Å². The van der Waals surface area contributed by atoms with Crippen molar-refractivity contribution in [3.05, 3.63) is 32.6 Å². The maximum atomic E-state index is 12.0. The predicted molar refractivity (Wildman–Crippen MR) is 64.6 cm³/mol. The summed E-state index contributed by atoms with van der Waals surface area (Å²) in [5, 5.41) is 0. The minimum Gasteiger partial charge on any atom is -0.313 e. The predicted octanol–water partition coefficient (Wildman–Crippen LogP) is -0.138. The van der Waals surface area contributed by atoms with Gasteiger partial charge < -0.3 is 9.88 Å². The zero-order valence-corrected chi connectivity index (χ0v) is 10.5. The lowest BCUT2D eigenvalue weighted by Crippen LogP contribution is -2.42. The highest BCUT2D eigenvalue weighted by molar-refractivity contribution is 5.93. The Kier molecular flexibility index (Phi) is 4.01. The number of aromatic nitrogens is 2.